The van der Waals surface area contributed by atoms with Crippen LogP contribution in [0.15, 0.2) is 0 Å². The van der Waals surface area contributed by atoms with Gasteiger partial charge in [-0.05, 0) is 27.2 Å². The SMILES string of the molecule is CCCCCCCCC(O)CNC(C)(C)C. The normalized spacial score (nSPS) is 14.1. The van der Waals surface area contributed by atoms with Gasteiger partial charge < -0.3 is 10.4 Å². The maximum atomic E-state index is 9.75. The highest BCUT2D eigenvalue weighted by atomic mass is 16.3. The van der Waals surface area contributed by atoms with Crippen LogP contribution in [0.2, 0.25) is 0 Å². The lowest BCUT2D eigenvalue weighted by Gasteiger charge is -2.22. The molecule has 0 saturated heterocycles. The standard InChI is InChI=1S/C14H31NO/c1-5-6-7-8-9-10-11-13(16)12-15-14(2,3)4/h13,15-16H,5-12H2,1-4H3. The summed E-state index contributed by atoms with van der Waals surface area (Å²) in [6, 6.07) is 0. The molecule has 2 nitrogen and oxygen atoms in total. The van der Waals surface area contributed by atoms with E-state index < -0.39 is 0 Å². The molecular formula is C14H31NO. The van der Waals surface area contributed by atoms with E-state index in [1.165, 1.54) is 32.1 Å². The number of β-amino-alcohol motifs (C(OH)–C–C–N with tert-alkyl or cyclic N) is 1. The fourth-order valence-corrected chi connectivity index (χ4v) is 1.69. The molecule has 0 saturated carbocycles. The molecule has 0 aliphatic carbocycles. The zero-order valence-electron chi connectivity index (χ0n) is 11.7. The van der Waals surface area contributed by atoms with E-state index in [1.54, 1.807) is 0 Å². The summed E-state index contributed by atoms with van der Waals surface area (Å²) < 4.78 is 0. The van der Waals surface area contributed by atoms with E-state index in [1.807, 2.05) is 0 Å². The summed E-state index contributed by atoms with van der Waals surface area (Å²) in [4.78, 5) is 0. The van der Waals surface area contributed by atoms with E-state index in [4.69, 9.17) is 0 Å². The van der Waals surface area contributed by atoms with Gasteiger partial charge in [0, 0.05) is 12.1 Å². The second kappa shape index (κ2) is 9.00. The predicted octanol–water partition coefficient (Wildman–Crippen LogP) is 3.49. The molecule has 0 rings (SSSR count). The van der Waals surface area contributed by atoms with Crippen molar-refractivity contribution in [1.82, 2.24) is 5.32 Å². The van der Waals surface area contributed by atoms with Gasteiger partial charge in [-0.25, -0.2) is 0 Å². The zero-order chi connectivity index (χ0) is 12.4. The van der Waals surface area contributed by atoms with E-state index in [0.717, 1.165) is 19.4 Å². The summed E-state index contributed by atoms with van der Waals surface area (Å²) in [5.74, 6) is 0. The molecule has 2 heteroatoms. The molecule has 1 atom stereocenters. The summed E-state index contributed by atoms with van der Waals surface area (Å²) in [6.45, 7) is 9.35. The Morgan fingerprint density at radius 1 is 1.00 bits per heavy atom. The van der Waals surface area contributed by atoms with Crippen LogP contribution < -0.4 is 5.32 Å². The van der Waals surface area contributed by atoms with Crippen LogP contribution in [-0.4, -0.2) is 23.3 Å². The van der Waals surface area contributed by atoms with Gasteiger partial charge in [-0.1, -0.05) is 45.4 Å². The Labute approximate surface area is 102 Å². The molecule has 0 bridgehead atoms. The van der Waals surface area contributed by atoms with E-state index in [9.17, 15) is 5.11 Å². The van der Waals surface area contributed by atoms with Crippen molar-refractivity contribution in [2.45, 2.75) is 84.3 Å². The van der Waals surface area contributed by atoms with Crippen LogP contribution in [0.3, 0.4) is 0 Å². The van der Waals surface area contributed by atoms with Crippen LogP contribution in [-0.2, 0) is 0 Å². The van der Waals surface area contributed by atoms with E-state index >= 15 is 0 Å². The maximum Gasteiger partial charge on any atom is 0.0664 e. The van der Waals surface area contributed by atoms with Gasteiger partial charge in [-0.15, -0.1) is 0 Å². The predicted molar refractivity (Wildman–Crippen MR) is 71.8 cm³/mol. The van der Waals surface area contributed by atoms with Crippen LogP contribution in [0.25, 0.3) is 0 Å². The molecule has 0 amide bonds. The number of nitrogens with one attached hydrogen (secondary N) is 1. The molecule has 0 aromatic rings. The van der Waals surface area contributed by atoms with Gasteiger partial charge in [0.15, 0.2) is 0 Å². The van der Waals surface area contributed by atoms with Gasteiger partial charge in [0.1, 0.15) is 0 Å². The Morgan fingerprint density at radius 3 is 2.12 bits per heavy atom. The number of hydrogen-bond acceptors (Lipinski definition) is 2. The summed E-state index contributed by atoms with van der Waals surface area (Å²) in [6.07, 6.45) is 8.54. The molecule has 0 heterocycles. The Balaban J connectivity index is 3.27. The molecule has 16 heavy (non-hydrogen) atoms. The summed E-state index contributed by atoms with van der Waals surface area (Å²) in [7, 11) is 0. The lowest BCUT2D eigenvalue weighted by atomic mass is 10.1. The highest BCUT2D eigenvalue weighted by Gasteiger charge is 2.11. The molecule has 0 radical (unpaired) electrons. The van der Waals surface area contributed by atoms with Gasteiger partial charge in [-0.2, -0.15) is 0 Å². The second-order valence-electron chi connectivity index (χ2n) is 5.84. The van der Waals surface area contributed by atoms with Crippen molar-refractivity contribution in [3.05, 3.63) is 0 Å². The fraction of sp³-hybridized carbons (Fsp3) is 1.00. The first kappa shape index (κ1) is 15.9. The van der Waals surface area contributed by atoms with Crippen molar-refractivity contribution in [3.8, 4) is 0 Å². The Morgan fingerprint density at radius 2 is 1.56 bits per heavy atom. The molecule has 0 spiro atoms. The minimum absolute atomic E-state index is 0.113. The minimum Gasteiger partial charge on any atom is -0.392 e. The smallest absolute Gasteiger partial charge is 0.0664 e. The molecule has 0 aliphatic heterocycles. The van der Waals surface area contributed by atoms with Crippen molar-refractivity contribution in [2.75, 3.05) is 6.54 Å². The van der Waals surface area contributed by atoms with Crippen LogP contribution in [0, 0.1) is 0 Å². The van der Waals surface area contributed by atoms with Crippen LogP contribution >= 0.6 is 0 Å². The van der Waals surface area contributed by atoms with Gasteiger partial charge in [0.05, 0.1) is 6.10 Å². The van der Waals surface area contributed by atoms with Crippen molar-refractivity contribution < 1.29 is 5.11 Å². The Kier molecular flexibility index (Phi) is 8.96. The van der Waals surface area contributed by atoms with E-state index in [2.05, 4.69) is 33.0 Å². The fourth-order valence-electron chi connectivity index (χ4n) is 1.69. The molecule has 98 valence electrons. The monoisotopic (exact) mass is 229 g/mol. The summed E-state index contributed by atoms with van der Waals surface area (Å²) >= 11 is 0. The number of rotatable bonds is 9. The summed E-state index contributed by atoms with van der Waals surface area (Å²) in [5, 5.41) is 13.1. The Hall–Kier alpha value is -0.0800. The molecule has 1 unspecified atom stereocenters. The molecule has 0 fully saturated rings. The number of aliphatic hydroxyl groups excluding tert-OH is 1. The first-order valence-electron chi connectivity index (χ1n) is 6.89. The lowest BCUT2D eigenvalue weighted by Crippen LogP contribution is -2.40. The van der Waals surface area contributed by atoms with Crippen LogP contribution in [0.4, 0.5) is 0 Å². The van der Waals surface area contributed by atoms with E-state index in [0.29, 0.717) is 0 Å². The molecule has 0 aromatic heterocycles. The molecule has 0 aliphatic rings. The lowest BCUT2D eigenvalue weighted by molar-refractivity contribution is 0.148. The van der Waals surface area contributed by atoms with Gasteiger partial charge in [0.25, 0.3) is 0 Å². The maximum absolute atomic E-state index is 9.75. The van der Waals surface area contributed by atoms with E-state index in [-0.39, 0.29) is 11.6 Å². The topological polar surface area (TPSA) is 32.3 Å². The van der Waals surface area contributed by atoms with Crippen molar-refractivity contribution in [1.29, 1.82) is 0 Å². The second-order valence-corrected chi connectivity index (χ2v) is 5.84. The Bertz CT molecular complexity index is 151. The minimum atomic E-state index is -0.176. The third kappa shape index (κ3) is 12.0. The van der Waals surface area contributed by atoms with Crippen LogP contribution in [0.5, 0.6) is 0 Å². The van der Waals surface area contributed by atoms with Gasteiger partial charge in [0.2, 0.25) is 0 Å². The van der Waals surface area contributed by atoms with Crippen molar-refractivity contribution in [3.63, 3.8) is 0 Å². The first-order valence-corrected chi connectivity index (χ1v) is 6.89. The third-order valence-electron chi connectivity index (χ3n) is 2.76. The van der Waals surface area contributed by atoms with Gasteiger partial charge in [-0.3, -0.25) is 0 Å². The van der Waals surface area contributed by atoms with Gasteiger partial charge >= 0.3 is 0 Å². The highest BCUT2D eigenvalue weighted by Crippen LogP contribution is 2.09. The third-order valence-corrected chi connectivity index (χ3v) is 2.76. The van der Waals surface area contributed by atoms with Crippen molar-refractivity contribution in [2.24, 2.45) is 0 Å². The number of aliphatic hydroxyl groups is 1. The first-order chi connectivity index (χ1) is 7.45. The molecule has 2 N–H and O–H groups in total. The van der Waals surface area contributed by atoms with Crippen molar-refractivity contribution >= 4 is 0 Å². The number of hydrogen-bond donors (Lipinski definition) is 2. The molecule has 0 aromatic carbocycles. The molecular weight excluding hydrogens is 198 g/mol. The zero-order valence-corrected chi connectivity index (χ0v) is 11.7. The highest BCUT2D eigenvalue weighted by molar-refractivity contribution is 4.72. The number of unbranched alkanes of at least 4 members (excludes halogenated alkanes) is 5. The average Bonchev–Trinajstić information content (AvgIpc) is 2.19. The van der Waals surface area contributed by atoms with Crippen LogP contribution in [0.1, 0.15) is 72.6 Å². The quantitative estimate of drug-likeness (QED) is 0.593. The average molecular weight is 229 g/mol. The largest absolute Gasteiger partial charge is 0.392 e. The summed E-state index contributed by atoms with van der Waals surface area (Å²) in [5.41, 5.74) is 0.113.